The van der Waals surface area contributed by atoms with Crippen molar-refractivity contribution in [3.05, 3.63) is 109 Å². The van der Waals surface area contributed by atoms with Crippen LogP contribution in [0.4, 0.5) is 0 Å². The number of fused-ring (bicyclic) bond motifs is 3. The summed E-state index contributed by atoms with van der Waals surface area (Å²) < 4.78 is 0. The van der Waals surface area contributed by atoms with Crippen molar-refractivity contribution in [3.8, 4) is 22.3 Å². The quantitative estimate of drug-likeness (QED) is 0.201. The molecule has 0 nitrogen and oxygen atoms in total. The Morgan fingerprint density at radius 1 is 0.395 bits per heavy atom. The Morgan fingerprint density at radius 3 is 1.53 bits per heavy atom. The maximum absolute atomic E-state index is 2.44. The molecular weight excluding hydrogens is 489 g/mol. The van der Waals surface area contributed by atoms with Crippen LogP contribution < -0.4 is 10.4 Å². The zero-order valence-corrected chi connectivity index (χ0v) is 25.4. The highest BCUT2D eigenvalue weighted by Crippen LogP contribution is 2.39. The van der Waals surface area contributed by atoms with E-state index in [-0.39, 0.29) is 0 Å². The second-order valence-electron chi connectivity index (χ2n) is 12.7. The van der Waals surface area contributed by atoms with E-state index >= 15 is 0 Å². The zero-order valence-electron chi connectivity index (χ0n) is 23.4. The number of hydrogen-bond acceptors (Lipinski definition) is 0. The number of hydrogen-bond donors (Lipinski definition) is 0. The molecule has 188 valence electrons. The fraction of sp³-hybridized carbons (Fsp3) is 0.167. The maximum Gasteiger partial charge on any atom is 0.0784 e. The number of benzene rings is 6. The lowest BCUT2D eigenvalue weighted by Crippen LogP contribution is -2.38. The molecule has 0 amide bonds. The van der Waals surface area contributed by atoms with Gasteiger partial charge in [-0.3, -0.25) is 0 Å². The van der Waals surface area contributed by atoms with E-state index in [0.29, 0.717) is 0 Å². The van der Waals surface area contributed by atoms with Crippen LogP contribution in [0.3, 0.4) is 0 Å². The highest BCUT2D eigenvalue weighted by molar-refractivity contribution is 6.90. The van der Waals surface area contributed by atoms with E-state index in [9.17, 15) is 0 Å². The van der Waals surface area contributed by atoms with Crippen LogP contribution in [0.25, 0.3) is 54.6 Å². The molecule has 6 aromatic rings. The van der Waals surface area contributed by atoms with Crippen LogP contribution >= 0.6 is 0 Å². The van der Waals surface area contributed by atoms with Crippen LogP contribution in [0, 0.1) is 0 Å². The molecule has 38 heavy (non-hydrogen) atoms. The van der Waals surface area contributed by atoms with Crippen LogP contribution in [-0.4, -0.2) is 16.1 Å². The van der Waals surface area contributed by atoms with Crippen molar-refractivity contribution in [2.24, 2.45) is 0 Å². The lowest BCUT2D eigenvalue weighted by molar-refractivity contribution is 1.65. The van der Waals surface area contributed by atoms with Crippen LogP contribution in [0.2, 0.25) is 39.3 Å². The highest BCUT2D eigenvalue weighted by Gasteiger charge is 2.21. The Kier molecular flexibility index (Phi) is 5.93. The van der Waals surface area contributed by atoms with Crippen LogP contribution in [0.5, 0.6) is 0 Å². The minimum atomic E-state index is -1.46. The average Bonchev–Trinajstić information content (AvgIpc) is 2.90. The van der Waals surface area contributed by atoms with Gasteiger partial charge in [0.2, 0.25) is 0 Å². The fourth-order valence-corrected chi connectivity index (χ4v) is 8.63. The molecule has 0 spiro atoms. The summed E-state index contributed by atoms with van der Waals surface area (Å²) in [6.07, 6.45) is 0. The van der Waals surface area contributed by atoms with E-state index < -0.39 is 16.1 Å². The van der Waals surface area contributed by atoms with Crippen LogP contribution in [0.15, 0.2) is 109 Å². The Labute approximate surface area is 229 Å². The largest absolute Gasteiger partial charge is 0.0784 e. The molecule has 0 fully saturated rings. The Hall–Kier alpha value is -3.47. The van der Waals surface area contributed by atoms with Gasteiger partial charge in [-0.2, -0.15) is 0 Å². The molecule has 0 aliphatic carbocycles. The molecule has 0 aromatic heterocycles. The van der Waals surface area contributed by atoms with Crippen molar-refractivity contribution in [2.75, 3.05) is 0 Å². The van der Waals surface area contributed by atoms with E-state index in [1.807, 2.05) is 0 Å². The smallest absolute Gasteiger partial charge is 0.0656 e. The monoisotopic (exact) mass is 524 g/mol. The van der Waals surface area contributed by atoms with E-state index in [1.165, 1.54) is 64.9 Å². The van der Waals surface area contributed by atoms with E-state index in [1.54, 1.807) is 0 Å². The summed E-state index contributed by atoms with van der Waals surface area (Å²) in [6.45, 7) is 14.6. The van der Waals surface area contributed by atoms with Gasteiger partial charge in [-0.05, 0) is 60.6 Å². The van der Waals surface area contributed by atoms with Crippen molar-refractivity contribution in [3.63, 3.8) is 0 Å². The molecule has 0 atom stereocenters. The first-order chi connectivity index (χ1) is 18.1. The minimum absolute atomic E-state index is 1.28. The summed E-state index contributed by atoms with van der Waals surface area (Å²) in [5.74, 6) is 0. The van der Waals surface area contributed by atoms with Crippen LogP contribution in [0.1, 0.15) is 0 Å². The summed E-state index contributed by atoms with van der Waals surface area (Å²) in [5, 5.41) is 11.1. The molecule has 0 unspecified atom stereocenters. The normalized spacial score (nSPS) is 12.5. The Morgan fingerprint density at radius 2 is 0.895 bits per heavy atom. The topological polar surface area (TPSA) is 0 Å². The van der Waals surface area contributed by atoms with Crippen molar-refractivity contribution in [1.29, 1.82) is 0 Å². The second kappa shape index (κ2) is 9.08. The molecular formula is C36H36Si2. The molecule has 6 aromatic carbocycles. The molecule has 0 bridgehead atoms. The van der Waals surface area contributed by atoms with Crippen molar-refractivity contribution in [2.45, 2.75) is 39.3 Å². The average molecular weight is 525 g/mol. The van der Waals surface area contributed by atoms with Gasteiger partial charge in [0.15, 0.2) is 0 Å². The zero-order chi connectivity index (χ0) is 26.7. The van der Waals surface area contributed by atoms with Crippen molar-refractivity contribution < 1.29 is 0 Å². The lowest BCUT2D eigenvalue weighted by atomic mass is 9.89. The summed E-state index contributed by atoms with van der Waals surface area (Å²) in [5.41, 5.74) is 5.20. The third-order valence-electron chi connectivity index (χ3n) is 7.96. The van der Waals surface area contributed by atoms with E-state index in [0.717, 1.165) is 0 Å². The number of rotatable bonds is 4. The van der Waals surface area contributed by atoms with Crippen molar-refractivity contribution in [1.82, 2.24) is 0 Å². The van der Waals surface area contributed by atoms with Gasteiger partial charge < -0.3 is 0 Å². The Balaban J connectivity index is 1.53. The van der Waals surface area contributed by atoms with Gasteiger partial charge in [0.05, 0.1) is 16.1 Å². The molecule has 2 heteroatoms. The molecule has 0 radical (unpaired) electrons. The standard InChI is InChI=1S/C36H36Si2/c1-37(2,3)28-18-17-25-23-27(16-15-26(25)24-28)29-19-20-33(31-12-8-7-11-30(29)31)34-21-22-36(38(4,5)6)35-14-10-9-13-32(34)35/h7-24H,1-6H3. The first kappa shape index (κ1) is 24.8. The highest BCUT2D eigenvalue weighted by atomic mass is 28.3. The predicted molar refractivity (Wildman–Crippen MR) is 176 cm³/mol. The third-order valence-corrected chi connectivity index (χ3v) is 12.1. The summed E-state index contributed by atoms with van der Waals surface area (Å²) >= 11 is 0. The van der Waals surface area contributed by atoms with Gasteiger partial charge in [-0.1, -0.05) is 153 Å². The molecule has 0 heterocycles. The summed E-state index contributed by atoms with van der Waals surface area (Å²) in [7, 11) is -2.80. The summed E-state index contributed by atoms with van der Waals surface area (Å²) in [4.78, 5) is 0. The fourth-order valence-electron chi connectivity index (χ4n) is 5.85. The van der Waals surface area contributed by atoms with Gasteiger partial charge in [-0.25, -0.2) is 0 Å². The second-order valence-corrected chi connectivity index (χ2v) is 22.8. The van der Waals surface area contributed by atoms with Gasteiger partial charge in [-0.15, -0.1) is 0 Å². The molecule has 0 N–H and O–H groups in total. The van der Waals surface area contributed by atoms with Gasteiger partial charge in [0.1, 0.15) is 0 Å². The van der Waals surface area contributed by atoms with Gasteiger partial charge in [0, 0.05) is 0 Å². The molecule has 0 saturated heterocycles. The molecule has 0 aliphatic rings. The predicted octanol–water partition coefficient (Wildman–Crippen LogP) is 9.57. The summed E-state index contributed by atoms with van der Waals surface area (Å²) in [6, 6.07) is 41.3. The Bertz CT molecular complexity index is 1830. The minimum Gasteiger partial charge on any atom is -0.0656 e. The molecule has 6 rings (SSSR count). The van der Waals surface area contributed by atoms with E-state index in [4.69, 9.17) is 0 Å². The van der Waals surface area contributed by atoms with E-state index in [2.05, 4.69) is 148 Å². The third kappa shape index (κ3) is 4.32. The van der Waals surface area contributed by atoms with Gasteiger partial charge in [0.25, 0.3) is 0 Å². The van der Waals surface area contributed by atoms with Gasteiger partial charge >= 0.3 is 0 Å². The molecule has 0 saturated carbocycles. The lowest BCUT2D eigenvalue weighted by Gasteiger charge is -2.21. The SMILES string of the molecule is C[Si](C)(C)c1ccc2cc(-c3ccc(-c4ccc([Si](C)(C)C)c5ccccc45)c4ccccc34)ccc2c1. The van der Waals surface area contributed by atoms with Crippen molar-refractivity contribution >= 4 is 58.8 Å². The first-order valence-corrected chi connectivity index (χ1v) is 20.7. The maximum atomic E-state index is 2.44. The van der Waals surface area contributed by atoms with Crippen LogP contribution in [-0.2, 0) is 0 Å². The molecule has 0 aliphatic heterocycles. The first-order valence-electron chi connectivity index (χ1n) is 13.7.